The van der Waals surface area contributed by atoms with Gasteiger partial charge in [-0.1, -0.05) is 36.3 Å². The molecule has 17 nitrogen and oxygen atoms in total. The molecule has 0 spiro atoms. The lowest BCUT2D eigenvalue weighted by Crippen LogP contribution is -2.49. The van der Waals surface area contributed by atoms with Crippen LogP contribution in [0, 0.1) is 29.9 Å². The van der Waals surface area contributed by atoms with Crippen LogP contribution in [0.4, 0.5) is 19.4 Å². The van der Waals surface area contributed by atoms with Gasteiger partial charge in [-0.2, -0.15) is 9.97 Å². The molecule has 6 saturated heterocycles. The topological polar surface area (TPSA) is 180 Å². The molecule has 6 fully saturated rings. The summed E-state index contributed by atoms with van der Waals surface area (Å²) in [7, 11) is 1.72. The molecule has 3 aromatic carbocycles. The number of anilines is 1. The van der Waals surface area contributed by atoms with Gasteiger partial charge in [-0.25, -0.2) is 18.4 Å². The zero-order valence-corrected chi connectivity index (χ0v) is 44.3. The van der Waals surface area contributed by atoms with Gasteiger partial charge < -0.3 is 29.3 Å². The van der Waals surface area contributed by atoms with E-state index in [1.165, 1.54) is 12.3 Å². The predicted octanol–water partition coefficient (Wildman–Crippen LogP) is 7.19. The first-order chi connectivity index (χ1) is 37.7. The van der Waals surface area contributed by atoms with Crippen LogP contribution in [0.3, 0.4) is 0 Å². The van der Waals surface area contributed by atoms with Crippen molar-refractivity contribution in [2.45, 2.75) is 113 Å². The summed E-state index contributed by atoms with van der Waals surface area (Å²) in [6, 6.07) is 13.6. The molecule has 12 rings (SSSR count). The van der Waals surface area contributed by atoms with E-state index in [9.17, 15) is 24.3 Å². The SMILES string of the molecule is C#Cc1c(F)ccc2cccc(-c3ncc4c(N5CCC[C@@](C)(O)C5)nc(OC[C@@]56CCCN5[C@H](COC(=O)N5CCC(CN7CCC(c8ccc9c(c8)n(C8CCC(=O)NC8=O)c(=O)n9C)CC7)CC5)CC6)nc4c3F)c12. The standard InChI is InChI=1S/C59H66F2N10O7/c1-4-41-44(60)12-10-38-8-5-9-42(49(38)41)51-50(61)52-43(31-62-51)53(69-24-6-21-58(2,76)34-69)65-55(64-52)78-35-59-22-7-25-70(59)40(16-23-59)33-77-57(75)68-28-17-36(18-29-68)32-67-26-19-37(20-27-67)39-11-13-45-47(30-39)71(56(74)66(45)3)46-14-15-48(72)63-54(46)73/h1,5,8-13,30-31,36-37,40,46,76H,6-7,14-29,32-35H2,2-3H3,(H,63,72,73)/t40-,46?,58+,59-/m0/s1. The van der Waals surface area contributed by atoms with Gasteiger partial charge in [0.25, 0.3) is 0 Å². The predicted molar refractivity (Wildman–Crippen MR) is 290 cm³/mol. The van der Waals surface area contributed by atoms with Gasteiger partial charge in [-0.3, -0.25) is 33.9 Å². The highest BCUT2D eigenvalue weighted by Crippen LogP contribution is 2.44. The highest BCUT2D eigenvalue weighted by molar-refractivity contribution is 6.02. The summed E-state index contributed by atoms with van der Waals surface area (Å²) in [6.07, 6.45) is 16.1. The molecule has 19 heteroatoms. The van der Waals surface area contributed by atoms with Crippen molar-refractivity contribution in [3.8, 4) is 29.6 Å². The van der Waals surface area contributed by atoms with Crippen LogP contribution in [0.1, 0.15) is 107 Å². The third-order valence-corrected chi connectivity index (χ3v) is 18.0. The fourth-order valence-electron chi connectivity index (χ4n) is 13.8. The fourth-order valence-corrected chi connectivity index (χ4v) is 13.8. The van der Waals surface area contributed by atoms with E-state index in [4.69, 9.17) is 25.9 Å². The number of halogens is 2. The lowest BCUT2D eigenvalue weighted by Gasteiger charge is -2.38. The van der Waals surface area contributed by atoms with E-state index in [-0.39, 0.29) is 78.2 Å². The average Bonchev–Trinajstić information content (AvgIpc) is 4.27. The monoisotopic (exact) mass is 1060 g/mol. The molecule has 0 bridgehead atoms. The van der Waals surface area contributed by atoms with E-state index >= 15 is 8.78 Å². The molecule has 6 aliphatic heterocycles. The van der Waals surface area contributed by atoms with Crippen molar-refractivity contribution in [2.24, 2.45) is 13.0 Å². The minimum absolute atomic E-state index is 0.000417. The summed E-state index contributed by atoms with van der Waals surface area (Å²) < 4.78 is 48.0. The maximum absolute atomic E-state index is 17.2. The van der Waals surface area contributed by atoms with E-state index in [0.29, 0.717) is 78.3 Å². The Kier molecular flexibility index (Phi) is 13.7. The third-order valence-electron chi connectivity index (χ3n) is 18.0. The first-order valence-corrected chi connectivity index (χ1v) is 27.8. The van der Waals surface area contributed by atoms with Crippen LogP contribution in [0.5, 0.6) is 6.01 Å². The summed E-state index contributed by atoms with van der Waals surface area (Å²) >= 11 is 0. The Labute approximate surface area is 450 Å². The number of imide groups is 1. The van der Waals surface area contributed by atoms with Gasteiger partial charge in [0.05, 0.1) is 33.1 Å². The van der Waals surface area contributed by atoms with Gasteiger partial charge in [0.15, 0.2) is 5.82 Å². The Morgan fingerprint density at radius 2 is 1.73 bits per heavy atom. The first kappa shape index (κ1) is 51.7. The number of fused-ring (bicyclic) bond motifs is 4. The molecule has 4 atom stereocenters. The molecular weight excluding hydrogens is 999 g/mol. The second-order valence-corrected chi connectivity index (χ2v) is 23.0. The van der Waals surface area contributed by atoms with Crippen LogP contribution in [-0.4, -0.2) is 145 Å². The molecule has 408 valence electrons. The number of benzene rings is 3. The van der Waals surface area contributed by atoms with Crippen LogP contribution in [0.2, 0.25) is 0 Å². The number of aromatic nitrogens is 5. The number of nitrogens with zero attached hydrogens (tertiary/aromatic N) is 9. The van der Waals surface area contributed by atoms with Gasteiger partial charge in [0, 0.05) is 69.4 Å². The summed E-state index contributed by atoms with van der Waals surface area (Å²) in [4.78, 5) is 74.5. The lowest BCUT2D eigenvalue weighted by atomic mass is 9.88. The fraction of sp³-hybridized carbons (Fsp3) is 0.508. The Morgan fingerprint density at radius 3 is 2.51 bits per heavy atom. The van der Waals surface area contributed by atoms with E-state index in [1.807, 2.05) is 15.9 Å². The molecule has 3 aromatic heterocycles. The van der Waals surface area contributed by atoms with Gasteiger partial charge in [-0.05, 0) is 138 Å². The number of hydrogen-bond acceptors (Lipinski definition) is 13. The number of rotatable bonds is 11. The summed E-state index contributed by atoms with van der Waals surface area (Å²) in [6.45, 7) is 8.14. The third kappa shape index (κ3) is 9.52. The van der Waals surface area contributed by atoms with E-state index in [0.717, 1.165) is 94.1 Å². The number of aliphatic hydroxyl groups is 1. The molecule has 1 unspecified atom stereocenters. The summed E-state index contributed by atoms with van der Waals surface area (Å²) in [5, 5.41) is 14.9. The number of β-amino-alcohol motifs (C(OH)–C–C–N with tert-alkyl or cyclic N) is 1. The zero-order chi connectivity index (χ0) is 54.0. The zero-order valence-electron chi connectivity index (χ0n) is 44.3. The smallest absolute Gasteiger partial charge is 0.409 e. The van der Waals surface area contributed by atoms with Gasteiger partial charge in [-0.15, -0.1) is 6.42 Å². The lowest BCUT2D eigenvalue weighted by molar-refractivity contribution is -0.135. The number of hydrogen-bond donors (Lipinski definition) is 2. The number of piperidine rings is 4. The van der Waals surface area contributed by atoms with E-state index < -0.39 is 29.2 Å². The van der Waals surface area contributed by atoms with Crippen molar-refractivity contribution >= 4 is 56.4 Å². The Balaban J connectivity index is 0.663. The van der Waals surface area contributed by atoms with Crippen LogP contribution in [0.25, 0.3) is 44.0 Å². The average molecular weight is 1070 g/mol. The maximum Gasteiger partial charge on any atom is 0.409 e. The van der Waals surface area contributed by atoms with Crippen molar-refractivity contribution in [3.63, 3.8) is 0 Å². The molecule has 9 heterocycles. The van der Waals surface area contributed by atoms with Crippen molar-refractivity contribution < 1.29 is 37.7 Å². The van der Waals surface area contributed by atoms with E-state index in [1.54, 1.807) is 47.4 Å². The number of nitrogens with one attached hydrogen (secondary N) is 1. The molecule has 0 saturated carbocycles. The largest absolute Gasteiger partial charge is 0.461 e. The van der Waals surface area contributed by atoms with Gasteiger partial charge in [0.2, 0.25) is 11.8 Å². The molecule has 0 radical (unpaired) electrons. The first-order valence-electron chi connectivity index (χ1n) is 27.8. The Morgan fingerprint density at radius 1 is 0.923 bits per heavy atom. The van der Waals surface area contributed by atoms with Crippen LogP contribution in [0.15, 0.2) is 59.5 Å². The van der Waals surface area contributed by atoms with Crippen LogP contribution in [-0.2, 0) is 21.4 Å². The maximum atomic E-state index is 17.2. The summed E-state index contributed by atoms with van der Waals surface area (Å²) in [5.74, 6) is 1.59. The van der Waals surface area contributed by atoms with Crippen LogP contribution >= 0.6 is 0 Å². The molecule has 3 amide bonds. The van der Waals surface area contributed by atoms with Gasteiger partial charge in [0.1, 0.15) is 42.1 Å². The highest BCUT2D eigenvalue weighted by atomic mass is 19.1. The molecular formula is C59H66F2N10O7. The number of amides is 3. The van der Waals surface area contributed by atoms with Crippen molar-refractivity contribution in [2.75, 3.05) is 70.5 Å². The quantitative estimate of drug-likeness (QED) is 0.0985. The second-order valence-electron chi connectivity index (χ2n) is 23.0. The number of carbonyl (C=O) groups is 3. The van der Waals surface area contributed by atoms with Crippen LogP contribution < -0.4 is 20.6 Å². The minimum Gasteiger partial charge on any atom is -0.461 e. The number of likely N-dealkylation sites (tertiary alicyclic amines) is 2. The molecule has 0 aliphatic carbocycles. The number of aryl methyl sites for hydroxylation is 1. The number of terminal acetylenes is 1. The van der Waals surface area contributed by atoms with Crippen molar-refractivity contribution in [3.05, 3.63) is 88.0 Å². The normalized spacial score (nSPS) is 24.8. The highest BCUT2D eigenvalue weighted by Gasteiger charge is 2.50. The number of carbonyl (C=O) groups excluding carboxylic acids is 3. The number of imidazole rings is 1. The van der Waals surface area contributed by atoms with Gasteiger partial charge >= 0.3 is 17.8 Å². The Hall–Kier alpha value is -7.01. The molecule has 78 heavy (non-hydrogen) atoms. The number of ether oxygens (including phenoxy) is 2. The van der Waals surface area contributed by atoms with Crippen molar-refractivity contribution in [1.82, 2.24) is 44.1 Å². The van der Waals surface area contributed by atoms with E-state index in [2.05, 4.69) is 38.2 Å². The number of pyridine rings is 1. The molecule has 6 aliphatic rings. The second kappa shape index (κ2) is 20.7. The Bertz CT molecular complexity index is 3470. The minimum atomic E-state index is -0.993. The molecule has 2 N–H and O–H groups in total. The van der Waals surface area contributed by atoms with Crippen molar-refractivity contribution in [1.29, 1.82) is 0 Å². The molecule has 6 aromatic rings. The summed E-state index contributed by atoms with van der Waals surface area (Å²) in [5.41, 5.74) is 1.35.